The lowest BCUT2D eigenvalue weighted by atomic mass is 9.82. The van der Waals surface area contributed by atoms with Crippen LogP contribution >= 0.6 is 0 Å². The summed E-state index contributed by atoms with van der Waals surface area (Å²) in [5, 5.41) is 4.65. The lowest BCUT2D eigenvalue weighted by Gasteiger charge is -2.22. The van der Waals surface area contributed by atoms with Crippen molar-refractivity contribution in [3.63, 3.8) is 0 Å². The summed E-state index contributed by atoms with van der Waals surface area (Å²) in [6.45, 7) is 11.2. The molecule has 3 heteroatoms. The summed E-state index contributed by atoms with van der Waals surface area (Å²) in [6.07, 6.45) is 2.66. The van der Waals surface area contributed by atoms with Crippen LogP contribution in [0.15, 0.2) is 87.9 Å². The minimum Gasteiger partial charge on any atom is -0.461 e. The molecule has 3 heterocycles. The molecule has 36 heavy (non-hydrogen) atoms. The monoisotopic (exact) mass is 473 g/mol. The molecule has 180 valence electrons. The summed E-state index contributed by atoms with van der Waals surface area (Å²) in [7, 11) is 0. The Morgan fingerprint density at radius 3 is 2.42 bits per heavy atom. The predicted molar refractivity (Wildman–Crippen MR) is 149 cm³/mol. The van der Waals surface area contributed by atoms with Gasteiger partial charge in [0.25, 0.3) is 0 Å². The van der Waals surface area contributed by atoms with Crippen LogP contribution in [0.3, 0.4) is 0 Å². The molecular weight excluding hydrogens is 442 g/mol. The lowest BCUT2D eigenvalue weighted by molar-refractivity contribution is 0.500. The molecule has 6 rings (SSSR count). The first-order valence-electron chi connectivity index (χ1n) is 12.7. The second kappa shape index (κ2) is 8.37. The quantitative estimate of drug-likeness (QED) is 0.256. The van der Waals surface area contributed by atoms with E-state index in [1.807, 2.05) is 6.07 Å². The standard InChI is InChI=1S/C33H31NO2/c1-20(2)14-25-17-24-16-22(10-11-31(24)36-25)28-19-30(34-32-27(28)12-13-35-32)23-15-21-8-6-7-9-26(21)29(18-23)33(3,4)5/h6-13,15-20H,14H2,1-5H3. The second-order valence-corrected chi connectivity index (χ2v) is 11.3. The summed E-state index contributed by atoms with van der Waals surface area (Å²) in [6, 6.07) is 25.9. The Morgan fingerprint density at radius 2 is 1.61 bits per heavy atom. The van der Waals surface area contributed by atoms with E-state index in [0.717, 1.165) is 50.9 Å². The van der Waals surface area contributed by atoms with E-state index in [1.165, 1.54) is 16.3 Å². The number of fused-ring (bicyclic) bond motifs is 3. The number of hydrogen-bond acceptors (Lipinski definition) is 3. The van der Waals surface area contributed by atoms with Crippen molar-refractivity contribution < 1.29 is 8.83 Å². The van der Waals surface area contributed by atoms with E-state index in [0.29, 0.717) is 11.6 Å². The van der Waals surface area contributed by atoms with Gasteiger partial charge in [-0.05, 0) is 81.3 Å². The zero-order chi connectivity index (χ0) is 25.0. The van der Waals surface area contributed by atoms with Crippen molar-refractivity contribution in [3.05, 3.63) is 90.4 Å². The first-order chi connectivity index (χ1) is 17.3. The fraction of sp³-hybridized carbons (Fsp3) is 0.242. The van der Waals surface area contributed by atoms with Gasteiger partial charge in [-0.3, -0.25) is 0 Å². The molecule has 3 aromatic carbocycles. The number of aromatic nitrogens is 1. The first kappa shape index (κ1) is 22.6. The van der Waals surface area contributed by atoms with Crippen LogP contribution in [-0.2, 0) is 11.8 Å². The Balaban J connectivity index is 1.54. The highest BCUT2D eigenvalue weighted by Crippen LogP contribution is 2.38. The highest BCUT2D eigenvalue weighted by Gasteiger charge is 2.20. The van der Waals surface area contributed by atoms with E-state index in [2.05, 4.69) is 101 Å². The number of pyridine rings is 1. The molecule has 0 unspecified atom stereocenters. The fourth-order valence-electron chi connectivity index (χ4n) is 5.18. The van der Waals surface area contributed by atoms with Crippen molar-refractivity contribution >= 4 is 32.8 Å². The molecule has 0 N–H and O–H groups in total. The van der Waals surface area contributed by atoms with Crippen LogP contribution in [0.5, 0.6) is 0 Å². The molecule has 0 spiro atoms. The van der Waals surface area contributed by atoms with Crippen LogP contribution in [0.4, 0.5) is 0 Å². The maximum atomic E-state index is 6.09. The van der Waals surface area contributed by atoms with Crippen LogP contribution in [0.2, 0.25) is 0 Å². The van der Waals surface area contributed by atoms with Gasteiger partial charge in [0.1, 0.15) is 11.3 Å². The van der Waals surface area contributed by atoms with Gasteiger partial charge in [0, 0.05) is 22.8 Å². The molecule has 0 saturated carbocycles. The third kappa shape index (κ3) is 3.99. The van der Waals surface area contributed by atoms with E-state index >= 15 is 0 Å². The van der Waals surface area contributed by atoms with Gasteiger partial charge in [-0.2, -0.15) is 0 Å². The Hall–Kier alpha value is -3.85. The van der Waals surface area contributed by atoms with Crippen molar-refractivity contribution in [2.45, 2.75) is 46.5 Å². The van der Waals surface area contributed by atoms with Crippen LogP contribution in [0.25, 0.3) is 55.2 Å². The fourth-order valence-corrected chi connectivity index (χ4v) is 5.18. The van der Waals surface area contributed by atoms with Gasteiger partial charge in [-0.25, -0.2) is 4.98 Å². The lowest BCUT2D eigenvalue weighted by Crippen LogP contribution is -2.12. The number of benzene rings is 3. The Bertz CT molecular complexity index is 1730. The molecule has 6 aromatic rings. The van der Waals surface area contributed by atoms with Gasteiger partial charge in [-0.15, -0.1) is 0 Å². The molecule has 0 atom stereocenters. The topological polar surface area (TPSA) is 39.2 Å². The molecule has 0 aliphatic rings. The number of furan rings is 2. The SMILES string of the molecule is CC(C)Cc1cc2cc(-c3cc(-c4cc(C(C)(C)C)c5ccccc5c4)nc4occc34)ccc2o1. The highest BCUT2D eigenvalue weighted by molar-refractivity contribution is 5.98. The Morgan fingerprint density at radius 1 is 0.806 bits per heavy atom. The molecule has 0 fully saturated rings. The van der Waals surface area contributed by atoms with Gasteiger partial charge in [0.05, 0.1) is 12.0 Å². The minimum absolute atomic E-state index is 0.00718. The van der Waals surface area contributed by atoms with E-state index in [9.17, 15) is 0 Å². The van der Waals surface area contributed by atoms with Gasteiger partial charge >= 0.3 is 0 Å². The third-order valence-electron chi connectivity index (χ3n) is 6.89. The number of rotatable bonds is 4. The first-order valence-corrected chi connectivity index (χ1v) is 12.7. The molecule has 0 radical (unpaired) electrons. The second-order valence-electron chi connectivity index (χ2n) is 11.3. The van der Waals surface area contributed by atoms with Gasteiger partial charge in [-0.1, -0.05) is 65.0 Å². The maximum Gasteiger partial charge on any atom is 0.227 e. The molecule has 3 aromatic heterocycles. The zero-order valence-corrected chi connectivity index (χ0v) is 21.6. The van der Waals surface area contributed by atoms with Crippen molar-refractivity contribution in [1.29, 1.82) is 0 Å². The van der Waals surface area contributed by atoms with Crippen molar-refractivity contribution in [2.24, 2.45) is 5.92 Å². The van der Waals surface area contributed by atoms with Crippen molar-refractivity contribution in [3.8, 4) is 22.4 Å². The largest absolute Gasteiger partial charge is 0.461 e. The molecule has 0 saturated heterocycles. The third-order valence-corrected chi connectivity index (χ3v) is 6.89. The number of hydrogen-bond donors (Lipinski definition) is 0. The number of nitrogens with zero attached hydrogens (tertiary/aromatic N) is 1. The predicted octanol–water partition coefficient (Wildman–Crippen LogP) is 9.56. The average Bonchev–Trinajstić information content (AvgIpc) is 3.47. The van der Waals surface area contributed by atoms with Crippen LogP contribution < -0.4 is 0 Å². The van der Waals surface area contributed by atoms with E-state index in [4.69, 9.17) is 13.8 Å². The van der Waals surface area contributed by atoms with E-state index < -0.39 is 0 Å². The molecule has 0 amide bonds. The molecule has 0 bridgehead atoms. The van der Waals surface area contributed by atoms with Gasteiger partial charge < -0.3 is 8.83 Å². The summed E-state index contributed by atoms with van der Waals surface area (Å²) >= 11 is 0. The van der Waals surface area contributed by atoms with Crippen LogP contribution in [0, 0.1) is 5.92 Å². The molecular formula is C33H31NO2. The normalized spacial score (nSPS) is 12.4. The minimum atomic E-state index is 0.00718. The smallest absolute Gasteiger partial charge is 0.227 e. The van der Waals surface area contributed by atoms with Crippen LogP contribution in [0.1, 0.15) is 45.9 Å². The Kier molecular flexibility index (Phi) is 5.26. The molecule has 3 nitrogen and oxygen atoms in total. The van der Waals surface area contributed by atoms with Crippen LogP contribution in [-0.4, -0.2) is 4.98 Å². The van der Waals surface area contributed by atoms with Gasteiger partial charge in [0.2, 0.25) is 5.71 Å². The average molecular weight is 474 g/mol. The van der Waals surface area contributed by atoms with Crippen molar-refractivity contribution in [1.82, 2.24) is 4.98 Å². The summed E-state index contributed by atoms with van der Waals surface area (Å²) in [5.74, 6) is 1.59. The summed E-state index contributed by atoms with van der Waals surface area (Å²) < 4.78 is 11.9. The Labute approximate surface area is 211 Å². The maximum absolute atomic E-state index is 6.09. The molecule has 0 aliphatic carbocycles. The van der Waals surface area contributed by atoms with E-state index in [1.54, 1.807) is 6.26 Å². The summed E-state index contributed by atoms with van der Waals surface area (Å²) in [4.78, 5) is 4.94. The highest BCUT2D eigenvalue weighted by atomic mass is 16.3. The van der Waals surface area contributed by atoms with Crippen molar-refractivity contribution in [2.75, 3.05) is 0 Å². The summed E-state index contributed by atoms with van der Waals surface area (Å²) in [5.41, 5.74) is 7.16. The van der Waals surface area contributed by atoms with Gasteiger partial charge in [0.15, 0.2) is 0 Å². The van der Waals surface area contributed by atoms with E-state index in [-0.39, 0.29) is 5.41 Å². The molecule has 0 aliphatic heterocycles. The zero-order valence-electron chi connectivity index (χ0n) is 21.6.